The molecule has 1 aromatic rings. The van der Waals surface area contributed by atoms with Gasteiger partial charge < -0.3 is 16.4 Å². The Hall–Kier alpha value is -1.88. The summed E-state index contributed by atoms with van der Waals surface area (Å²) in [5, 5.41) is 6.45. The maximum absolute atomic E-state index is 11.2. The lowest BCUT2D eigenvalue weighted by Crippen LogP contribution is -2.21. The Bertz CT molecular complexity index is 456. The first-order valence-electron chi connectivity index (χ1n) is 6.14. The van der Waals surface area contributed by atoms with E-state index in [2.05, 4.69) is 21.7 Å². The van der Waals surface area contributed by atoms with Crippen LogP contribution in [0.5, 0.6) is 0 Å². The molecule has 0 spiro atoms. The molecule has 2 rings (SSSR count). The summed E-state index contributed by atoms with van der Waals surface area (Å²) >= 11 is 0. The standard InChI is InChI=1S/C13H18N4O/c14-12(18)11-2-1-6-16-13(11)17-9-5-10-3-7-15-8-4-10/h1-3,6,15H,4-5,7-9H2,(H2,14,18)(H,16,17). The fourth-order valence-corrected chi connectivity index (χ4v) is 1.98. The highest BCUT2D eigenvalue weighted by molar-refractivity contribution is 5.97. The Morgan fingerprint density at radius 1 is 1.56 bits per heavy atom. The zero-order valence-corrected chi connectivity index (χ0v) is 10.3. The molecule has 1 amide bonds. The molecule has 0 unspecified atom stereocenters. The summed E-state index contributed by atoms with van der Waals surface area (Å²) in [5.41, 5.74) is 7.17. The molecule has 0 fully saturated rings. The lowest BCUT2D eigenvalue weighted by molar-refractivity contribution is 0.100. The highest BCUT2D eigenvalue weighted by atomic mass is 16.1. The Morgan fingerprint density at radius 2 is 2.44 bits per heavy atom. The first-order chi connectivity index (χ1) is 8.77. The summed E-state index contributed by atoms with van der Waals surface area (Å²) in [5.74, 6) is 0.117. The van der Waals surface area contributed by atoms with E-state index in [1.165, 1.54) is 5.57 Å². The molecule has 5 nitrogen and oxygen atoms in total. The van der Waals surface area contributed by atoms with Crippen LogP contribution in [0.2, 0.25) is 0 Å². The number of nitrogens with zero attached hydrogens (tertiary/aromatic N) is 1. The van der Waals surface area contributed by atoms with Gasteiger partial charge in [0.25, 0.3) is 5.91 Å². The molecular weight excluding hydrogens is 228 g/mol. The zero-order valence-electron chi connectivity index (χ0n) is 10.3. The number of nitrogens with one attached hydrogen (secondary N) is 2. The van der Waals surface area contributed by atoms with Gasteiger partial charge in [0.1, 0.15) is 5.82 Å². The van der Waals surface area contributed by atoms with E-state index in [1.54, 1.807) is 18.3 Å². The molecule has 0 aliphatic carbocycles. The number of nitrogens with two attached hydrogens (primary N) is 1. The van der Waals surface area contributed by atoms with E-state index in [1.807, 2.05) is 0 Å². The second-order valence-corrected chi connectivity index (χ2v) is 4.26. The minimum Gasteiger partial charge on any atom is -0.369 e. The van der Waals surface area contributed by atoms with Crippen molar-refractivity contribution in [2.75, 3.05) is 25.0 Å². The van der Waals surface area contributed by atoms with Gasteiger partial charge in [-0.25, -0.2) is 4.98 Å². The van der Waals surface area contributed by atoms with Crippen LogP contribution in [0, 0.1) is 0 Å². The van der Waals surface area contributed by atoms with Gasteiger partial charge in [0.05, 0.1) is 5.56 Å². The number of primary amides is 1. The number of rotatable bonds is 5. The Kier molecular flexibility index (Phi) is 4.30. The number of hydrogen-bond donors (Lipinski definition) is 3. The topological polar surface area (TPSA) is 80.0 Å². The predicted octanol–water partition coefficient (Wildman–Crippen LogP) is 0.902. The molecule has 96 valence electrons. The van der Waals surface area contributed by atoms with Crippen LogP contribution in [0.15, 0.2) is 30.0 Å². The molecule has 0 saturated carbocycles. The maximum atomic E-state index is 11.2. The first-order valence-corrected chi connectivity index (χ1v) is 6.14. The van der Waals surface area contributed by atoms with Crippen molar-refractivity contribution in [3.63, 3.8) is 0 Å². The van der Waals surface area contributed by atoms with E-state index >= 15 is 0 Å². The van der Waals surface area contributed by atoms with Gasteiger partial charge in [-0.15, -0.1) is 0 Å². The molecule has 18 heavy (non-hydrogen) atoms. The van der Waals surface area contributed by atoms with Gasteiger partial charge in [0.2, 0.25) is 0 Å². The summed E-state index contributed by atoms with van der Waals surface area (Å²) in [4.78, 5) is 15.3. The predicted molar refractivity (Wildman–Crippen MR) is 71.4 cm³/mol. The Balaban J connectivity index is 1.90. The first kappa shape index (κ1) is 12.6. The second-order valence-electron chi connectivity index (χ2n) is 4.26. The fraction of sp³-hybridized carbons (Fsp3) is 0.385. The molecule has 1 aliphatic heterocycles. The third kappa shape index (κ3) is 3.30. The number of carbonyl (C=O) groups is 1. The summed E-state index contributed by atoms with van der Waals surface area (Å²) in [6.07, 6.45) is 5.93. The number of aromatic nitrogens is 1. The van der Waals surface area contributed by atoms with Crippen molar-refractivity contribution >= 4 is 11.7 Å². The summed E-state index contributed by atoms with van der Waals surface area (Å²) in [6.45, 7) is 2.76. The van der Waals surface area contributed by atoms with Gasteiger partial charge in [0, 0.05) is 19.3 Å². The molecule has 4 N–H and O–H groups in total. The third-order valence-corrected chi connectivity index (χ3v) is 2.97. The van der Waals surface area contributed by atoms with E-state index < -0.39 is 5.91 Å². The van der Waals surface area contributed by atoms with Crippen molar-refractivity contribution in [3.05, 3.63) is 35.5 Å². The minimum absolute atomic E-state index is 0.441. The lowest BCUT2D eigenvalue weighted by Gasteiger charge is -2.14. The van der Waals surface area contributed by atoms with Crippen LogP contribution in [0.1, 0.15) is 23.2 Å². The molecule has 0 aromatic carbocycles. The van der Waals surface area contributed by atoms with Crippen LogP contribution >= 0.6 is 0 Å². The zero-order chi connectivity index (χ0) is 12.8. The van der Waals surface area contributed by atoms with Gasteiger partial charge in [-0.1, -0.05) is 11.6 Å². The van der Waals surface area contributed by atoms with Crippen molar-refractivity contribution in [1.29, 1.82) is 0 Å². The average molecular weight is 246 g/mol. The van der Waals surface area contributed by atoms with Crippen molar-refractivity contribution in [2.45, 2.75) is 12.8 Å². The minimum atomic E-state index is -0.452. The Labute approximate surface area is 106 Å². The van der Waals surface area contributed by atoms with Gasteiger partial charge in [-0.3, -0.25) is 4.79 Å². The van der Waals surface area contributed by atoms with Gasteiger partial charge in [0.15, 0.2) is 0 Å². The molecule has 0 bridgehead atoms. The molecule has 1 aromatic heterocycles. The third-order valence-electron chi connectivity index (χ3n) is 2.97. The molecular formula is C13H18N4O. The highest BCUT2D eigenvalue weighted by Gasteiger charge is 2.08. The van der Waals surface area contributed by atoms with Gasteiger partial charge in [-0.05, 0) is 31.5 Å². The van der Waals surface area contributed by atoms with Crippen molar-refractivity contribution < 1.29 is 4.79 Å². The van der Waals surface area contributed by atoms with Crippen LogP contribution in [0.4, 0.5) is 5.82 Å². The monoisotopic (exact) mass is 246 g/mol. The van der Waals surface area contributed by atoms with Crippen LogP contribution in [-0.4, -0.2) is 30.5 Å². The summed E-state index contributed by atoms with van der Waals surface area (Å²) in [6, 6.07) is 3.39. The molecule has 1 aliphatic rings. The van der Waals surface area contributed by atoms with Crippen LogP contribution in [0.25, 0.3) is 0 Å². The van der Waals surface area contributed by atoms with Crippen LogP contribution in [-0.2, 0) is 0 Å². The van der Waals surface area contributed by atoms with Crippen LogP contribution in [0.3, 0.4) is 0 Å². The SMILES string of the molecule is NC(=O)c1cccnc1NCCC1=CCNCC1. The molecule has 0 atom stereocenters. The van der Waals surface area contributed by atoms with Crippen molar-refractivity contribution in [3.8, 4) is 0 Å². The van der Waals surface area contributed by atoms with Gasteiger partial charge >= 0.3 is 0 Å². The fourth-order valence-electron chi connectivity index (χ4n) is 1.98. The van der Waals surface area contributed by atoms with E-state index in [-0.39, 0.29) is 0 Å². The van der Waals surface area contributed by atoms with E-state index in [0.29, 0.717) is 11.4 Å². The lowest BCUT2D eigenvalue weighted by atomic mass is 10.1. The maximum Gasteiger partial charge on any atom is 0.252 e. The molecule has 0 saturated heterocycles. The van der Waals surface area contributed by atoms with Crippen molar-refractivity contribution in [1.82, 2.24) is 10.3 Å². The summed E-state index contributed by atoms with van der Waals surface area (Å²) < 4.78 is 0. The van der Waals surface area contributed by atoms with E-state index in [9.17, 15) is 4.79 Å². The van der Waals surface area contributed by atoms with Crippen LogP contribution < -0.4 is 16.4 Å². The number of anilines is 1. The average Bonchev–Trinajstić information content (AvgIpc) is 2.40. The second kappa shape index (κ2) is 6.16. The number of pyridine rings is 1. The molecule has 2 heterocycles. The number of carbonyl (C=O) groups excluding carboxylic acids is 1. The van der Waals surface area contributed by atoms with Gasteiger partial charge in [-0.2, -0.15) is 0 Å². The molecule has 0 radical (unpaired) electrons. The number of amides is 1. The smallest absolute Gasteiger partial charge is 0.252 e. The normalized spacial score (nSPS) is 15.0. The summed E-state index contributed by atoms with van der Waals surface area (Å²) in [7, 11) is 0. The molecule has 5 heteroatoms. The van der Waals surface area contributed by atoms with E-state index in [0.717, 1.165) is 32.5 Å². The largest absolute Gasteiger partial charge is 0.369 e. The highest BCUT2D eigenvalue weighted by Crippen LogP contribution is 2.13. The van der Waals surface area contributed by atoms with E-state index in [4.69, 9.17) is 5.73 Å². The number of hydrogen-bond acceptors (Lipinski definition) is 4. The quantitative estimate of drug-likeness (QED) is 0.674. The van der Waals surface area contributed by atoms with Crippen molar-refractivity contribution in [2.24, 2.45) is 5.73 Å². The Morgan fingerprint density at radius 3 is 3.17 bits per heavy atom.